The number of para-hydroxylation sites is 1. The monoisotopic (exact) mass is 432 g/mol. The smallest absolute Gasteiger partial charge is 0.417 e. The van der Waals surface area contributed by atoms with Crippen molar-refractivity contribution < 1.29 is 22.7 Å². The maximum atomic E-state index is 12.9. The van der Waals surface area contributed by atoms with Gasteiger partial charge in [-0.3, -0.25) is 9.79 Å². The third kappa shape index (κ3) is 6.09. The van der Waals surface area contributed by atoms with E-state index >= 15 is 0 Å². The van der Waals surface area contributed by atoms with E-state index in [1.807, 2.05) is 18.2 Å². The molecule has 0 bridgehead atoms. The van der Waals surface area contributed by atoms with Crippen LogP contribution in [0.5, 0.6) is 5.75 Å². The molecule has 0 fully saturated rings. The first-order chi connectivity index (χ1) is 14.3. The minimum absolute atomic E-state index is 0.129. The Hall–Kier alpha value is -3.32. The fraction of sp³-hybridized carbons (Fsp3) is 0.0909. The second-order valence-electron chi connectivity index (χ2n) is 6.19. The predicted octanol–water partition coefficient (Wildman–Crippen LogP) is 6.13. The minimum Gasteiger partial charge on any atom is -0.484 e. The molecule has 0 radical (unpaired) electrons. The normalized spacial score (nSPS) is 11.5. The molecule has 0 aliphatic heterocycles. The van der Waals surface area contributed by atoms with E-state index in [0.717, 1.165) is 12.1 Å². The molecule has 0 aliphatic carbocycles. The van der Waals surface area contributed by atoms with Gasteiger partial charge in [0.1, 0.15) is 5.75 Å². The Morgan fingerprint density at radius 2 is 1.73 bits per heavy atom. The number of nitrogens with zero attached hydrogens (tertiary/aromatic N) is 1. The van der Waals surface area contributed by atoms with Gasteiger partial charge in [0.15, 0.2) is 6.61 Å². The van der Waals surface area contributed by atoms with Crippen LogP contribution in [0.2, 0.25) is 5.02 Å². The molecule has 8 heteroatoms. The maximum Gasteiger partial charge on any atom is 0.417 e. The molecule has 0 heterocycles. The lowest BCUT2D eigenvalue weighted by Gasteiger charge is -2.09. The van der Waals surface area contributed by atoms with Gasteiger partial charge in [-0.2, -0.15) is 13.2 Å². The average Bonchev–Trinajstić information content (AvgIpc) is 2.72. The van der Waals surface area contributed by atoms with Crippen LogP contribution in [0.25, 0.3) is 0 Å². The first kappa shape index (κ1) is 21.4. The lowest BCUT2D eigenvalue weighted by molar-refractivity contribution is -0.137. The highest BCUT2D eigenvalue weighted by molar-refractivity contribution is 6.31. The van der Waals surface area contributed by atoms with Gasteiger partial charge in [0, 0.05) is 11.9 Å². The van der Waals surface area contributed by atoms with E-state index in [-0.39, 0.29) is 23.2 Å². The molecule has 0 spiro atoms. The quantitative estimate of drug-likeness (QED) is 0.476. The fourth-order valence-corrected chi connectivity index (χ4v) is 2.70. The molecule has 0 unspecified atom stereocenters. The second-order valence-corrected chi connectivity index (χ2v) is 6.60. The van der Waals surface area contributed by atoms with Gasteiger partial charge in [-0.05, 0) is 60.2 Å². The predicted molar refractivity (Wildman–Crippen MR) is 111 cm³/mol. The molecule has 3 rings (SSSR count). The van der Waals surface area contributed by atoms with Crippen LogP contribution in [0.15, 0.2) is 77.8 Å². The summed E-state index contributed by atoms with van der Waals surface area (Å²) in [6.45, 7) is -0.159. The molecule has 1 amide bonds. The molecule has 0 saturated carbocycles. The molecule has 1 N–H and O–H groups in total. The van der Waals surface area contributed by atoms with Gasteiger partial charge in [0.2, 0.25) is 0 Å². The molecule has 4 nitrogen and oxygen atoms in total. The lowest BCUT2D eigenvalue weighted by Crippen LogP contribution is -2.20. The summed E-state index contributed by atoms with van der Waals surface area (Å²) in [5, 5.41) is 2.33. The first-order valence-corrected chi connectivity index (χ1v) is 9.17. The van der Waals surface area contributed by atoms with Gasteiger partial charge >= 0.3 is 6.18 Å². The Morgan fingerprint density at radius 3 is 2.40 bits per heavy atom. The number of ether oxygens (including phenoxy) is 1. The van der Waals surface area contributed by atoms with Crippen LogP contribution in [0.4, 0.5) is 24.5 Å². The van der Waals surface area contributed by atoms with Crippen LogP contribution in [0.3, 0.4) is 0 Å². The lowest BCUT2D eigenvalue weighted by atomic mass is 10.2. The van der Waals surface area contributed by atoms with Crippen molar-refractivity contribution in [3.63, 3.8) is 0 Å². The number of anilines is 1. The molecule has 0 atom stereocenters. The summed E-state index contributed by atoms with van der Waals surface area (Å²) in [6, 6.07) is 19.1. The van der Waals surface area contributed by atoms with Crippen LogP contribution in [0, 0.1) is 0 Å². The molecule has 30 heavy (non-hydrogen) atoms. The number of aliphatic imine (C=N–C) groups is 1. The van der Waals surface area contributed by atoms with Gasteiger partial charge in [-0.1, -0.05) is 29.8 Å². The van der Waals surface area contributed by atoms with E-state index in [1.54, 1.807) is 36.4 Å². The molecular weight excluding hydrogens is 417 g/mol. The van der Waals surface area contributed by atoms with Gasteiger partial charge in [0.05, 0.1) is 16.3 Å². The fourth-order valence-electron chi connectivity index (χ4n) is 2.48. The summed E-state index contributed by atoms with van der Waals surface area (Å²) in [6.07, 6.45) is -3.12. The van der Waals surface area contributed by atoms with E-state index in [4.69, 9.17) is 16.3 Å². The second kappa shape index (κ2) is 9.45. The Labute approximate surface area is 176 Å². The highest BCUT2D eigenvalue weighted by Crippen LogP contribution is 2.36. The number of carbonyl (C=O) groups excluding carboxylic acids is 1. The van der Waals surface area contributed by atoms with Crippen LogP contribution in [0.1, 0.15) is 11.1 Å². The summed E-state index contributed by atoms with van der Waals surface area (Å²) in [4.78, 5) is 15.9. The third-order valence-corrected chi connectivity index (χ3v) is 4.26. The molecule has 3 aromatic carbocycles. The van der Waals surface area contributed by atoms with Gasteiger partial charge in [0.25, 0.3) is 5.91 Å². The van der Waals surface area contributed by atoms with E-state index in [9.17, 15) is 18.0 Å². The summed E-state index contributed by atoms with van der Waals surface area (Å²) in [7, 11) is 0. The van der Waals surface area contributed by atoms with Crippen molar-refractivity contribution in [1.82, 2.24) is 0 Å². The van der Waals surface area contributed by atoms with Gasteiger partial charge in [-0.15, -0.1) is 0 Å². The average molecular weight is 433 g/mol. The summed E-state index contributed by atoms with van der Waals surface area (Å²) < 4.78 is 44.2. The third-order valence-electron chi connectivity index (χ3n) is 3.93. The van der Waals surface area contributed by atoms with Crippen molar-refractivity contribution in [2.24, 2.45) is 4.99 Å². The van der Waals surface area contributed by atoms with E-state index < -0.39 is 11.7 Å². The SMILES string of the molecule is O=C(COc1ccc(C=Nc2ccc(Cl)c(C(F)(F)F)c2)cc1)Nc1ccccc1. The number of rotatable bonds is 6. The zero-order chi connectivity index (χ0) is 21.6. The maximum absolute atomic E-state index is 12.9. The topological polar surface area (TPSA) is 50.7 Å². The van der Waals surface area contributed by atoms with Crippen molar-refractivity contribution >= 4 is 35.1 Å². The standard InChI is InChI=1S/C22H16ClF3N2O2/c23-20-11-8-17(12-19(20)22(24,25)26)27-13-15-6-9-18(10-7-15)30-14-21(29)28-16-4-2-1-3-5-16/h1-13H,14H2,(H,28,29). The Kier molecular flexibility index (Phi) is 6.74. The van der Waals surface area contributed by atoms with E-state index in [0.29, 0.717) is 17.0 Å². The number of benzene rings is 3. The number of alkyl halides is 3. The highest BCUT2D eigenvalue weighted by atomic mass is 35.5. The summed E-state index contributed by atoms with van der Waals surface area (Å²) in [5.41, 5.74) is 0.522. The first-order valence-electron chi connectivity index (χ1n) is 8.80. The van der Waals surface area contributed by atoms with E-state index in [1.165, 1.54) is 12.3 Å². The number of hydrogen-bond acceptors (Lipinski definition) is 3. The van der Waals surface area contributed by atoms with Crippen molar-refractivity contribution in [3.05, 3.63) is 88.9 Å². The molecular formula is C22H16ClF3N2O2. The van der Waals surface area contributed by atoms with Crippen molar-refractivity contribution in [1.29, 1.82) is 0 Å². The number of nitrogens with one attached hydrogen (secondary N) is 1. The van der Waals surface area contributed by atoms with Crippen molar-refractivity contribution in [2.75, 3.05) is 11.9 Å². The zero-order valence-electron chi connectivity index (χ0n) is 15.5. The Bertz CT molecular complexity index is 1040. The van der Waals surface area contributed by atoms with Crippen LogP contribution >= 0.6 is 11.6 Å². The van der Waals surface area contributed by atoms with Crippen LogP contribution in [-0.4, -0.2) is 18.7 Å². The largest absolute Gasteiger partial charge is 0.484 e. The van der Waals surface area contributed by atoms with Crippen molar-refractivity contribution in [2.45, 2.75) is 6.18 Å². The van der Waals surface area contributed by atoms with Crippen LogP contribution in [-0.2, 0) is 11.0 Å². The zero-order valence-corrected chi connectivity index (χ0v) is 16.2. The number of halogens is 4. The molecule has 0 aliphatic rings. The van der Waals surface area contributed by atoms with Crippen LogP contribution < -0.4 is 10.1 Å². The minimum atomic E-state index is -4.55. The number of amides is 1. The van der Waals surface area contributed by atoms with Gasteiger partial charge < -0.3 is 10.1 Å². The number of carbonyl (C=O) groups is 1. The summed E-state index contributed by atoms with van der Waals surface area (Å²) >= 11 is 5.60. The highest BCUT2D eigenvalue weighted by Gasteiger charge is 2.33. The molecule has 0 aromatic heterocycles. The molecule has 154 valence electrons. The van der Waals surface area contributed by atoms with Gasteiger partial charge in [-0.25, -0.2) is 0 Å². The molecule has 3 aromatic rings. The van der Waals surface area contributed by atoms with E-state index in [2.05, 4.69) is 10.3 Å². The summed E-state index contributed by atoms with van der Waals surface area (Å²) in [5.74, 6) is 0.177. The van der Waals surface area contributed by atoms with Crippen molar-refractivity contribution in [3.8, 4) is 5.75 Å². The molecule has 0 saturated heterocycles. The number of hydrogen-bond donors (Lipinski definition) is 1. The Morgan fingerprint density at radius 1 is 1.03 bits per heavy atom. The Balaban J connectivity index is 1.57.